The largest absolute Gasteiger partial charge is 0.496 e. The molecule has 2 unspecified atom stereocenters. The Bertz CT molecular complexity index is 691. The first kappa shape index (κ1) is 19.5. The number of hydrogen-bond donors (Lipinski definition) is 0. The molecule has 3 aliphatic heterocycles. The molecule has 1 aromatic rings. The van der Waals surface area contributed by atoms with Crippen LogP contribution in [0.15, 0.2) is 18.2 Å². The number of fused-ring (bicyclic) bond motifs is 2. The van der Waals surface area contributed by atoms with Gasteiger partial charge in [0.25, 0.3) is 0 Å². The fourth-order valence-corrected chi connectivity index (χ4v) is 5.54. The maximum absolute atomic E-state index is 13.5. The van der Waals surface area contributed by atoms with E-state index in [9.17, 15) is 9.18 Å². The highest BCUT2D eigenvalue weighted by Crippen LogP contribution is 2.41. The predicted molar refractivity (Wildman–Crippen MR) is 105 cm³/mol. The molecule has 5 nitrogen and oxygen atoms in total. The number of carbonyl (C=O) groups excluding carboxylic acids is 1. The van der Waals surface area contributed by atoms with Crippen molar-refractivity contribution >= 4 is 6.09 Å². The second kappa shape index (κ2) is 8.27. The summed E-state index contributed by atoms with van der Waals surface area (Å²) in [5.41, 5.74) is 1.13. The van der Waals surface area contributed by atoms with Crippen LogP contribution in [0.1, 0.15) is 56.9 Å². The van der Waals surface area contributed by atoms with Gasteiger partial charge >= 0.3 is 6.09 Å². The van der Waals surface area contributed by atoms with Crippen LogP contribution in [0.4, 0.5) is 9.18 Å². The van der Waals surface area contributed by atoms with Gasteiger partial charge in [-0.25, -0.2) is 9.18 Å². The zero-order chi connectivity index (χ0) is 19.7. The van der Waals surface area contributed by atoms with E-state index in [4.69, 9.17) is 9.47 Å². The van der Waals surface area contributed by atoms with Crippen LogP contribution in [0, 0.1) is 5.82 Å². The number of rotatable bonds is 4. The van der Waals surface area contributed by atoms with E-state index in [-0.39, 0.29) is 11.9 Å². The van der Waals surface area contributed by atoms with Crippen molar-refractivity contribution in [3.05, 3.63) is 29.6 Å². The fraction of sp³-hybridized carbons (Fsp3) is 0.682. The van der Waals surface area contributed by atoms with Gasteiger partial charge in [-0.15, -0.1) is 0 Å². The van der Waals surface area contributed by atoms with Gasteiger partial charge in [-0.3, -0.25) is 0 Å². The fourth-order valence-electron chi connectivity index (χ4n) is 5.54. The maximum atomic E-state index is 13.5. The number of carbonyl (C=O) groups is 1. The summed E-state index contributed by atoms with van der Waals surface area (Å²) in [7, 11) is 1.61. The highest BCUT2D eigenvalue weighted by Gasteiger charge is 2.45. The summed E-state index contributed by atoms with van der Waals surface area (Å²) in [6.07, 6.45) is 6.31. The lowest BCUT2D eigenvalue weighted by Crippen LogP contribution is -2.53. The number of benzene rings is 1. The van der Waals surface area contributed by atoms with Gasteiger partial charge in [0.1, 0.15) is 11.6 Å². The lowest BCUT2D eigenvalue weighted by Gasteiger charge is -2.45. The van der Waals surface area contributed by atoms with Crippen molar-refractivity contribution in [3.63, 3.8) is 0 Å². The van der Waals surface area contributed by atoms with Crippen molar-refractivity contribution in [1.29, 1.82) is 0 Å². The van der Waals surface area contributed by atoms with Crippen molar-refractivity contribution in [3.8, 4) is 5.75 Å². The number of likely N-dealkylation sites (tertiary alicyclic amines) is 1. The molecule has 3 heterocycles. The summed E-state index contributed by atoms with van der Waals surface area (Å²) >= 11 is 0. The molecule has 3 fully saturated rings. The van der Waals surface area contributed by atoms with Crippen molar-refractivity contribution in [2.75, 3.05) is 26.8 Å². The molecular weight excluding hydrogens is 359 g/mol. The minimum Gasteiger partial charge on any atom is -0.496 e. The molecule has 2 atom stereocenters. The normalized spacial score (nSPS) is 28.4. The molecule has 154 valence electrons. The first-order valence-corrected chi connectivity index (χ1v) is 10.6. The minimum atomic E-state index is -0.248. The second-order valence-electron chi connectivity index (χ2n) is 8.31. The standard InChI is InChI=1S/C22H31FN2O3/c1-3-28-22(26)25-17-5-6-18(25)14-19(13-17)24-10-8-15(9-11-24)20-7-4-16(23)12-21(20)27-2/h4,7,12,15,17-19H,3,5-6,8-11,13-14H2,1-2H3. The van der Waals surface area contributed by atoms with Gasteiger partial charge in [0.05, 0.1) is 13.7 Å². The molecule has 1 amide bonds. The summed E-state index contributed by atoms with van der Waals surface area (Å²) in [5, 5.41) is 0. The van der Waals surface area contributed by atoms with Crippen LogP contribution in [-0.2, 0) is 4.74 Å². The lowest BCUT2D eigenvalue weighted by molar-refractivity contribution is 0.0340. The summed E-state index contributed by atoms with van der Waals surface area (Å²) in [6, 6.07) is 6.12. The molecule has 0 spiro atoms. The van der Waals surface area contributed by atoms with E-state index in [1.165, 1.54) is 12.1 Å². The minimum absolute atomic E-state index is 0.129. The third-order valence-corrected chi connectivity index (χ3v) is 6.87. The molecule has 0 saturated carbocycles. The Morgan fingerprint density at radius 2 is 1.79 bits per heavy atom. The van der Waals surface area contributed by atoms with Crippen LogP contribution in [0.25, 0.3) is 0 Å². The molecule has 0 radical (unpaired) electrons. The van der Waals surface area contributed by atoms with E-state index in [1.807, 2.05) is 17.9 Å². The average Bonchev–Trinajstić information content (AvgIpc) is 2.98. The molecular formula is C22H31FN2O3. The van der Waals surface area contributed by atoms with Crippen molar-refractivity contribution < 1.29 is 18.7 Å². The van der Waals surface area contributed by atoms with Crippen molar-refractivity contribution in [2.45, 2.75) is 69.5 Å². The Hall–Kier alpha value is -1.82. The molecule has 28 heavy (non-hydrogen) atoms. The molecule has 1 aromatic carbocycles. The summed E-state index contributed by atoms with van der Waals surface area (Å²) in [4.78, 5) is 16.9. The highest BCUT2D eigenvalue weighted by molar-refractivity contribution is 5.69. The van der Waals surface area contributed by atoms with E-state index < -0.39 is 0 Å². The number of methoxy groups -OCH3 is 1. The topological polar surface area (TPSA) is 42.0 Å². The quantitative estimate of drug-likeness (QED) is 0.774. The predicted octanol–water partition coefficient (Wildman–Crippen LogP) is 4.17. The molecule has 6 heteroatoms. The number of halogens is 1. The first-order valence-electron chi connectivity index (χ1n) is 10.6. The van der Waals surface area contributed by atoms with E-state index in [0.29, 0.717) is 36.4 Å². The van der Waals surface area contributed by atoms with Crippen molar-refractivity contribution in [2.24, 2.45) is 0 Å². The van der Waals surface area contributed by atoms with Gasteiger partial charge in [0.15, 0.2) is 0 Å². The molecule has 3 saturated heterocycles. The zero-order valence-electron chi connectivity index (χ0n) is 16.9. The number of hydrogen-bond acceptors (Lipinski definition) is 4. The maximum Gasteiger partial charge on any atom is 0.410 e. The molecule has 0 aliphatic carbocycles. The van der Waals surface area contributed by atoms with Crippen LogP contribution < -0.4 is 4.74 Å². The Morgan fingerprint density at radius 3 is 2.39 bits per heavy atom. The zero-order valence-corrected chi connectivity index (χ0v) is 16.9. The number of amides is 1. The summed E-state index contributed by atoms with van der Waals surface area (Å²) < 4.78 is 24.2. The van der Waals surface area contributed by atoms with Gasteiger partial charge in [0, 0.05) is 24.2 Å². The van der Waals surface area contributed by atoms with Gasteiger partial charge in [-0.2, -0.15) is 0 Å². The Labute approximate surface area is 166 Å². The average molecular weight is 390 g/mol. The third-order valence-electron chi connectivity index (χ3n) is 6.87. The SMILES string of the molecule is CCOC(=O)N1C2CCC1CC(N1CCC(c3ccc(F)cc3OC)CC1)C2. The summed E-state index contributed by atoms with van der Waals surface area (Å²) in [5.74, 6) is 0.837. The number of ether oxygens (including phenoxy) is 2. The van der Waals surface area contributed by atoms with Crippen LogP contribution >= 0.6 is 0 Å². The van der Waals surface area contributed by atoms with E-state index in [0.717, 1.165) is 57.2 Å². The third kappa shape index (κ3) is 3.71. The Balaban J connectivity index is 1.36. The molecule has 0 N–H and O–H groups in total. The Kier molecular flexibility index (Phi) is 5.76. The summed E-state index contributed by atoms with van der Waals surface area (Å²) in [6.45, 7) is 4.41. The highest BCUT2D eigenvalue weighted by atomic mass is 19.1. The van der Waals surface area contributed by atoms with Crippen LogP contribution in [0.3, 0.4) is 0 Å². The molecule has 0 aromatic heterocycles. The molecule has 3 aliphatic rings. The van der Waals surface area contributed by atoms with Crippen molar-refractivity contribution in [1.82, 2.24) is 9.80 Å². The van der Waals surface area contributed by atoms with E-state index in [2.05, 4.69) is 4.90 Å². The van der Waals surface area contributed by atoms with Gasteiger partial charge < -0.3 is 19.3 Å². The van der Waals surface area contributed by atoms with Gasteiger partial charge in [-0.05, 0) is 76.1 Å². The molecule has 4 rings (SSSR count). The first-order chi connectivity index (χ1) is 13.6. The van der Waals surface area contributed by atoms with Crippen LogP contribution in [0.5, 0.6) is 5.75 Å². The monoisotopic (exact) mass is 390 g/mol. The smallest absolute Gasteiger partial charge is 0.410 e. The Morgan fingerprint density at radius 1 is 1.11 bits per heavy atom. The number of nitrogens with zero attached hydrogens (tertiary/aromatic N) is 2. The van der Waals surface area contributed by atoms with Gasteiger partial charge in [0.2, 0.25) is 0 Å². The number of piperidine rings is 2. The van der Waals surface area contributed by atoms with E-state index >= 15 is 0 Å². The van der Waals surface area contributed by atoms with Crippen LogP contribution in [0.2, 0.25) is 0 Å². The van der Waals surface area contributed by atoms with E-state index in [1.54, 1.807) is 7.11 Å². The van der Waals surface area contributed by atoms with Crippen LogP contribution in [-0.4, -0.2) is 60.8 Å². The lowest BCUT2D eigenvalue weighted by atomic mass is 9.86. The molecule has 2 bridgehead atoms. The van der Waals surface area contributed by atoms with Gasteiger partial charge in [-0.1, -0.05) is 6.07 Å². The second-order valence-corrected chi connectivity index (χ2v) is 8.31.